The van der Waals surface area contributed by atoms with Crippen LogP contribution in [0.5, 0.6) is 0 Å². The third-order valence-electron chi connectivity index (χ3n) is 3.74. The maximum Gasteiger partial charge on any atom is 0.230 e. The lowest BCUT2D eigenvalue weighted by atomic mass is 10.2. The van der Waals surface area contributed by atoms with Crippen LogP contribution in [-0.4, -0.2) is 21.9 Å². The Labute approximate surface area is 171 Å². The summed E-state index contributed by atoms with van der Waals surface area (Å²) in [4.78, 5) is 12.0. The van der Waals surface area contributed by atoms with E-state index in [1.54, 1.807) is 0 Å². The molecule has 3 aromatic rings. The number of thioether (sulfide) groups is 1. The Morgan fingerprint density at radius 3 is 2.44 bits per heavy atom. The van der Waals surface area contributed by atoms with Gasteiger partial charge in [0.25, 0.3) is 0 Å². The number of anilines is 1. The van der Waals surface area contributed by atoms with Crippen molar-refractivity contribution in [3.8, 4) is 0 Å². The summed E-state index contributed by atoms with van der Waals surface area (Å²) in [6, 6.07) is 21.7. The highest BCUT2D eigenvalue weighted by Gasteiger charge is 2.06. The molecular weight excluding hydrogens is 424 g/mol. The van der Waals surface area contributed by atoms with E-state index in [2.05, 4.69) is 48.9 Å². The van der Waals surface area contributed by atoms with Crippen molar-refractivity contribution in [1.29, 1.82) is 0 Å². The van der Waals surface area contributed by atoms with E-state index < -0.39 is 0 Å². The number of carbonyl (C=O) groups is 1. The molecule has 0 radical (unpaired) electrons. The first-order valence-corrected chi connectivity index (χ1v) is 10.2. The molecule has 1 amide bonds. The number of nitrogens with one attached hydrogen (secondary N) is 2. The van der Waals surface area contributed by atoms with Crippen LogP contribution in [0.4, 0.5) is 5.82 Å². The Kier molecular flexibility index (Phi) is 7.24. The van der Waals surface area contributed by atoms with E-state index in [9.17, 15) is 4.79 Å². The molecule has 0 spiro atoms. The van der Waals surface area contributed by atoms with Crippen LogP contribution in [0.1, 0.15) is 11.1 Å². The number of nitrogens with zero attached hydrogens (tertiary/aromatic N) is 2. The number of benzene rings is 2. The van der Waals surface area contributed by atoms with Crippen LogP contribution in [0.15, 0.2) is 76.2 Å². The SMILES string of the molecule is O=C(CSc1ccc(NCc2ccccc2)nn1)NCc1ccccc1Br. The predicted molar refractivity (Wildman–Crippen MR) is 113 cm³/mol. The molecule has 1 heterocycles. The normalized spacial score (nSPS) is 10.4. The van der Waals surface area contributed by atoms with Gasteiger partial charge in [-0.2, -0.15) is 0 Å². The van der Waals surface area contributed by atoms with E-state index in [4.69, 9.17) is 0 Å². The number of rotatable bonds is 8. The molecule has 0 saturated heterocycles. The zero-order chi connectivity index (χ0) is 18.9. The van der Waals surface area contributed by atoms with Crippen LogP contribution < -0.4 is 10.6 Å². The zero-order valence-corrected chi connectivity index (χ0v) is 17.0. The van der Waals surface area contributed by atoms with Crippen molar-refractivity contribution < 1.29 is 4.79 Å². The standard InChI is InChI=1S/C20H19BrN4OS/c21-17-9-5-4-8-16(17)13-23-19(26)14-27-20-11-10-18(24-25-20)22-12-15-6-2-1-3-7-15/h1-11H,12-14H2,(H,22,24)(H,23,26). The molecule has 7 heteroatoms. The van der Waals surface area contributed by atoms with Crippen LogP contribution in [0.3, 0.4) is 0 Å². The average molecular weight is 443 g/mol. The lowest BCUT2D eigenvalue weighted by Crippen LogP contribution is -2.24. The second kappa shape index (κ2) is 10.1. The molecule has 0 atom stereocenters. The van der Waals surface area contributed by atoms with Gasteiger partial charge in [-0.1, -0.05) is 76.2 Å². The van der Waals surface area contributed by atoms with Gasteiger partial charge in [0.1, 0.15) is 10.8 Å². The molecule has 5 nitrogen and oxygen atoms in total. The highest BCUT2D eigenvalue weighted by molar-refractivity contribution is 9.10. The quantitative estimate of drug-likeness (QED) is 0.510. The van der Waals surface area contributed by atoms with Crippen molar-refractivity contribution in [1.82, 2.24) is 15.5 Å². The summed E-state index contributed by atoms with van der Waals surface area (Å²) in [5.41, 5.74) is 2.23. The first-order valence-electron chi connectivity index (χ1n) is 8.45. The fourth-order valence-corrected chi connectivity index (χ4v) is 3.37. The summed E-state index contributed by atoms with van der Waals surface area (Å²) in [6.45, 7) is 1.19. The minimum absolute atomic E-state index is 0.0381. The summed E-state index contributed by atoms with van der Waals surface area (Å²) in [5.74, 6) is 0.973. The monoisotopic (exact) mass is 442 g/mol. The fraction of sp³-hybridized carbons (Fsp3) is 0.150. The molecule has 2 aromatic carbocycles. The van der Waals surface area contributed by atoms with Gasteiger partial charge in [-0.3, -0.25) is 4.79 Å². The number of amides is 1. The maximum absolute atomic E-state index is 12.0. The van der Waals surface area contributed by atoms with Crippen LogP contribution in [-0.2, 0) is 17.9 Å². The molecule has 0 fully saturated rings. The van der Waals surface area contributed by atoms with Gasteiger partial charge in [0, 0.05) is 17.6 Å². The van der Waals surface area contributed by atoms with Gasteiger partial charge >= 0.3 is 0 Å². The molecule has 0 bridgehead atoms. The smallest absolute Gasteiger partial charge is 0.230 e. The Morgan fingerprint density at radius 1 is 0.926 bits per heavy atom. The fourth-order valence-electron chi connectivity index (χ4n) is 2.31. The van der Waals surface area contributed by atoms with Crippen molar-refractivity contribution in [2.45, 2.75) is 18.1 Å². The molecule has 27 heavy (non-hydrogen) atoms. The molecular formula is C20H19BrN4OS. The van der Waals surface area contributed by atoms with E-state index in [-0.39, 0.29) is 5.91 Å². The van der Waals surface area contributed by atoms with Gasteiger partial charge in [0.2, 0.25) is 5.91 Å². The second-order valence-corrected chi connectivity index (χ2v) is 7.60. The summed E-state index contributed by atoms with van der Waals surface area (Å²) in [7, 11) is 0. The molecule has 0 aliphatic carbocycles. The summed E-state index contributed by atoms with van der Waals surface area (Å²) >= 11 is 4.84. The summed E-state index contributed by atoms with van der Waals surface area (Å²) in [6.07, 6.45) is 0. The number of halogens is 1. The second-order valence-electron chi connectivity index (χ2n) is 5.75. The predicted octanol–water partition coefficient (Wildman–Crippen LogP) is 4.26. The van der Waals surface area contributed by atoms with Crippen LogP contribution in [0, 0.1) is 0 Å². The molecule has 0 aliphatic rings. The lowest BCUT2D eigenvalue weighted by molar-refractivity contribution is -0.118. The van der Waals surface area contributed by atoms with Gasteiger partial charge in [-0.15, -0.1) is 10.2 Å². The van der Waals surface area contributed by atoms with E-state index in [0.29, 0.717) is 24.7 Å². The number of hydrogen-bond donors (Lipinski definition) is 2. The number of carbonyl (C=O) groups excluding carboxylic acids is 1. The van der Waals surface area contributed by atoms with Crippen molar-refractivity contribution in [3.63, 3.8) is 0 Å². The molecule has 138 valence electrons. The highest BCUT2D eigenvalue weighted by atomic mass is 79.9. The van der Waals surface area contributed by atoms with Gasteiger partial charge in [-0.05, 0) is 29.3 Å². The Balaban J connectivity index is 1.41. The van der Waals surface area contributed by atoms with Crippen LogP contribution in [0.2, 0.25) is 0 Å². The van der Waals surface area contributed by atoms with Gasteiger partial charge < -0.3 is 10.6 Å². The largest absolute Gasteiger partial charge is 0.365 e. The lowest BCUT2D eigenvalue weighted by Gasteiger charge is -2.07. The molecule has 1 aromatic heterocycles. The molecule has 0 saturated carbocycles. The van der Waals surface area contributed by atoms with Crippen molar-refractivity contribution >= 4 is 39.4 Å². The highest BCUT2D eigenvalue weighted by Crippen LogP contribution is 2.17. The summed E-state index contributed by atoms with van der Waals surface area (Å²) < 4.78 is 0.988. The molecule has 3 rings (SSSR count). The summed E-state index contributed by atoms with van der Waals surface area (Å²) in [5, 5.41) is 15.2. The maximum atomic E-state index is 12.0. The van der Waals surface area contributed by atoms with Crippen LogP contribution in [0.25, 0.3) is 0 Å². The minimum atomic E-state index is -0.0381. The van der Waals surface area contributed by atoms with Gasteiger partial charge in [-0.25, -0.2) is 0 Å². The van der Waals surface area contributed by atoms with Crippen molar-refractivity contribution in [2.24, 2.45) is 0 Å². The van der Waals surface area contributed by atoms with E-state index in [1.807, 2.05) is 54.6 Å². The number of hydrogen-bond acceptors (Lipinski definition) is 5. The van der Waals surface area contributed by atoms with Crippen molar-refractivity contribution in [2.75, 3.05) is 11.1 Å². The Hall–Kier alpha value is -2.38. The van der Waals surface area contributed by atoms with Gasteiger partial charge in [0.15, 0.2) is 0 Å². The third kappa shape index (κ3) is 6.37. The van der Waals surface area contributed by atoms with Crippen molar-refractivity contribution in [3.05, 3.63) is 82.3 Å². The average Bonchev–Trinajstić information content (AvgIpc) is 2.71. The van der Waals surface area contributed by atoms with E-state index in [0.717, 1.165) is 15.1 Å². The Bertz CT molecular complexity index is 875. The third-order valence-corrected chi connectivity index (χ3v) is 5.44. The first kappa shape index (κ1) is 19.4. The topological polar surface area (TPSA) is 66.9 Å². The minimum Gasteiger partial charge on any atom is -0.365 e. The number of aromatic nitrogens is 2. The molecule has 0 unspecified atom stereocenters. The Morgan fingerprint density at radius 2 is 1.70 bits per heavy atom. The van der Waals surface area contributed by atoms with E-state index >= 15 is 0 Å². The zero-order valence-electron chi connectivity index (χ0n) is 14.6. The molecule has 0 aliphatic heterocycles. The van der Waals surface area contributed by atoms with Gasteiger partial charge in [0.05, 0.1) is 5.75 Å². The molecule has 2 N–H and O–H groups in total. The van der Waals surface area contributed by atoms with E-state index in [1.165, 1.54) is 17.3 Å². The first-order chi connectivity index (χ1) is 13.2. The van der Waals surface area contributed by atoms with Crippen LogP contribution >= 0.6 is 27.7 Å².